The molecule has 2 nitrogen and oxygen atoms in total. The van der Waals surface area contributed by atoms with Crippen molar-refractivity contribution >= 4 is 5.97 Å². The number of alkyl halides is 1. The molecule has 0 amide bonds. The first kappa shape index (κ1) is 15.9. The molecule has 0 radical (unpaired) electrons. The number of carbonyl (C=O) groups excluding carboxylic acids is 1. The molecule has 1 fully saturated rings. The maximum absolute atomic E-state index is 15.2. The third-order valence-electron chi connectivity index (χ3n) is 6.57. The van der Waals surface area contributed by atoms with Crippen LogP contribution in [0.5, 0.6) is 5.75 Å². The van der Waals surface area contributed by atoms with Crippen LogP contribution in [0.1, 0.15) is 50.7 Å². The lowest BCUT2D eigenvalue weighted by atomic mass is 9.52. The molecule has 0 aromatic heterocycles. The van der Waals surface area contributed by atoms with Gasteiger partial charge in [-0.2, -0.15) is 0 Å². The van der Waals surface area contributed by atoms with E-state index in [1.807, 2.05) is 18.2 Å². The fourth-order valence-electron chi connectivity index (χ4n) is 5.68. The van der Waals surface area contributed by atoms with Gasteiger partial charge in [0, 0.05) is 12.8 Å². The van der Waals surface area contributed by atoms with Crippen LogP contribution in [0, 0.1) is 23.2 Å². The van der Waals surface area contributed by atoms with Crippen LogP contribution in [0.2, 0.25) is 0 Å². The summed E-state index contributed by atoms with van der Waals surface area (Å²) in [5.74, 6) is 1.62. The minimum absolute atomic E-state index is 0.0179. The van der Waals surface area contributed by atoms with Crippen LogP contribution in [0.4, 0.5) is 4.39 Å². The zero-order chi connectivity index (χ0) is 17.1. The Hall–Kier alpha value is -1.64. The van der Waals surface area contributed by atoms with Crippen LogP contribution in [0.15, 0.2) is 30.4 Å². The summed E-state index contributed by atoms with van der Waals surface area (Å²) < 4.78 is 20.5. The summed E-state index contributed by atoms with van der Waals surface area (Å²) in [6.07, 6.45) is 6.34. The SMILES string of the molecule is CC(=O)Oc1ccc2c(c1)C[C@@H](C)[C@@H]1[C@@H]2[C@@H](F)C[C@]2(C)C=CC[C@@H]12. The van der Waals surface area contributed by atoms with Gasteiger partial charge < -0.3 is 4.74 Å². The highest BCUT2D eigenvalue weighted by Crippen LogP contribution is 2.60. The molecule has 0 saturated heterocycles. The number of benzene rings is 1. The van der Waals surface area contributed by atoms with Crippen molar-refractivity contribution in [2.75, 3.05) is 0 Å². The van der Waals surface area contributed by atoms with Crippen LogP contribution in [0.3, 0.4) is 0 Å². The number of hydrogen-bond donors (Lipinski definition) is 0. The number of hydrogen-bond acceptors (Lipinski definition) is 2. The Morgan fingerprint density at radius 3 is 2.92 bits per heavy atom. The van der Waals surface area contributed by atoms with E-state index in [0.29, 0.717) is 29.9 Å². The first-order valence-electron chi connectivity index (χ1n) is 9.02. The number of fused-ring (bicyclic) bond motifs is 5. The molecule has 128 valence electrons. The number of esters is 1. The number of ether oxygens (including phenoxy) is 1. The predicted molar refractivity (Wildman–Crippen MR) is 91.7 cm³/mol. The molecule has 3 heteroatoms. The summed E-state index contributed by atoms with van der Waals surface area (Å²) >= 11 is 0. The molecule has 1 aromatic rings. The van der Waals surface area contributed by atoms with E-state index in [-0.39, 0.29) is 17.3 Å². The van der Waals surface area contributed by atoms with E-state index in [0.717, 1.165) is 24.0 Å². The molecule has 6 atom stereocenters. The Kier molecular flexibility index (Phi) is 3.59. The fourth-order valence-corrected chi connectivity index (χ4v) is 5.68. The van der Waals surface area contributed by atoms with Crippen molar-refractivity contribution < 1.29 is 13.9 Å². The molecular formula is C21H25FO2. The van der Waals surface area contributed by atoms with Gasteiger partial charge in [-0.25, -0.2) is 4.39 Å². The smallest absolute Gasteiger partial charge is 0.308 e. The first-order valence-corrected chi connectivity index (χ1v) is 9.02. The molecule has 3 aliphatic rings. The van der Waals surface area contributed by atoms with Crippen LogP contribution in [-0.4, -0.2) is 12.1 Å². The zero-order valence-electron chi connectivity index (χ0n) is 14.6. The van der Waals surface area contributed by atoms with Crippen molar-refractivity contribution in [1.29, 1.82) is 0 Å². The van der Waals surface area contributed by atoms with E-state index in [1.165, 1.54) is 6.92 Å². The number of halogens is 1. The molecule has 4 rings (SSSR count). The maximum Gasteiger partial charge on any atom is 0.308 e. The minimum Gasteiger partial charge on any atom is -0.427 e. The molecule has 1 saturated carbocycles. The summed E-state index contributed by atoms with van der Waals surface area (Å²) in [7, 11) is 0. The Bertz CT molecular complexity index is 710. The summed E-state index contributed by atoms with van der Waals surface area (Å²) in [5, 5.41) is 0. The summed E-state index contributed by atoms with van der Waals surface area (Å²) in [6.45, 7) is 5.90. The van der Waals surface area contributed by atoms with Gasteiger partial charge in [-0.3, -0.25) is 4.79 Å². The van der Waals surface area contributed by atoms with Crippen molar-refractivity contribution in [3.63, 3.8) is 0 Å². The molecule has 0 unspecified atom stereocenters. The van der Waals surface area contributed by atoms with Gasteiger partial charge >= 0.3 is 5.97 Å². The van der Waals surface area contributed by atoms with Crippen molar-refractivity contribution in [2.45, 2.75) is 52.1 Å². The van der Waals surface area contributed by atoms with Crippen molar-refractivity contribution in [3.8, 4) is 5.75 Å². The normalized spacial score (nSPS) is 39.8. The van der Waals surface area contributed by atoms with Crippen molar-refractivity contribution in [1.82, 2.24) is 0 Å². The average Bonchev–Trinajstić information content (AvgIpc) is 2.87. The van der Waals surface area contributed by atoms with E-state index in [1.54, 1.807) is 0 Å². The molecule has 0 heterocycles. The predicted octanol–water partition coefficient (Wildman–Crippen LogP) is 4.83. The highest BCUT2D eigenvalue weighted by atomic mass is 19.1. The second kappa shape index (κ2) is 5.44. The van der Waals surface area contributed by atoms with Gasteiger partial charge in [0.25, 0.3) is 0 Å². The molecule has 0 aliphatic heterocycles. The zero-order valence-corrected chi connectivity index (χ0v) is 14.6. The first-order chi connectivity index (χ1) is 11.4. The van der Waals surface area contributed by atoms with E-state index < -0.39 is 6.17 Å². The Morgan fingerprint density at radius 2 is 2.17 bits per heavy atom. The highest BCUT2D eigenvalue weighted by Gasteiger charge is 2.54. The lowest BCUT2D eigenvalue weighted by Crippen LogP contribution is -2.48. The van der Waals surface area contributed by atoms with Gasteiger partial charge in [0.2, 0.25) is 0 Å². The molecule has 3 aliphatic carbocycles. The fraction of sp³-hybridized carbons (Fsp3) is 0.571. The minimum atomic E-state index is -0.805. The third kappa shape index (κ3) is 2.32. The van der Waals surface area contributed by atoms with Gasteiger partial charge in [0.05, 0.1) is 0 Å². The molecule has 0 bridgehead atoms. The van der Waals surface area contributed by atoms with Gasteiger partial charge in [0.15, 0.2) is 0 Å². The van der Waals surface area contributed by atoms with Gasteiger partial charge in [0.1, 0.15) is 11.9 Å². The van der Waals surface area contributed by atoms with Crippen LogP contribution < -0.4 is 4.74 Å². The lowest BCUT2D eigenvalue weighted by molar-refractivity contribution is -0.131. The van der Waals surface area contributed by atoms with E-state index in [2.05, 4.69) is 26.0 Å². The topological polar surface area (TPSA) is 26.3 Å². The lowest BCUT2D eigenvalue weighted by Gasteiger charge is -2.52. The van der Waals surface area contributed by atoms with E-state index >= 15 is 4.39 Å². The molecule has 24 heavy (non-hydrogen) atoms. The van der Waals surface area contributed by atoms with E-state index in [9.17, 15) is 4.79 Å². The summed E-state index contributed by atoms with van der Waals surface area (Å²) in [5.41, 5.74) is 2.31. The number of carbonyl (C=O) groups is 1. The van der Waals surface area contributed by atoms with Gasteiger partial charge in [-0.05, 0) is 65.7 Å². The quantitative estimate of drug-likeness (QED) is 0.419. The highest BCUT2D eigenvalue weighted by molar-refractivity contribution is 5.69. The average molecular weight is 328 g/mol. The van der Waals surface area contributed by atoms with Crippen LogP contribution >= 0.6 is 0 Å². The summed E-state index contributed by atoms with van der Waals surface area (Å²) in [4.78, 5) is 11.2. The molecular weight excluding hydrogens is 303 g/mol. The number of allylic oxidation sites excluding steroid dienone is 2. The Balaban J connectivity index is 1.74. The molecule has 0 spiro atoms. The monoisotopic (exact) mass is 328 g/mol. The summed E-state index contributed by atoms with van der Waals surface area (Å²) in [6, 6.07) is 5.76. The largest absolute Gasteiger partial charge is 0.427 e. The van der Waals surface area contributed by atoms with E-state index in [4.69, 9.17) is 4.74 Å². The molecule has 1 aromatic carbocycles. The van der Waals surface area contributed by atoms with Crippen LogP contribution in [0.25, 0.3) is 0 Å². The van der Waals surface area contributed by atoms with Crippen molar-refractivity contribution in [2.24, 2.45) is 23.2 Å². The molecule has 0 N–H and O–H groups in total. The second-order valence-corrected chi connectivity index (χ2v) is 8.21. The van der Waals surface area contributed by atoms with Crippen molar-refractivity contribution in [3.05, 3.63) is 41.5 Å². The standard InChI is InChI=1S/C21H25FO2/c1-12-9-14-10-15(24-13(2)23)6-7-16(14)20-18(22)11-21(3)8-4-5-17(21)19(12)20/h4,6-8,10,12,17-20H,5,9,11H2,1-3H3/t12-,17+,18+,19+,20+,21+/m1/s1. The maximum atomic E-state index is 15.2. The van der Waals surface area contributed by atoms with Gasteiger partial charge in [-0.1, -0.05) is 32.1 Å². The number of rotatable bonds is 1. The Morgan fingerprint density at radius 1 is 1.38 bits per heavy atom. The second-order valence-electron chi connectivity index (χ2n) is 8.21. The van der Waals surface area contributed by atoms with Crippen LogP contribution in [-0.2, 0) is 11.2 Å². The Labute approximate surface area is 143 Å². The van der Waals surface area contributed by atoms with Gasteiger partial charge in [-0.15, -0.1) is 0 Å². The third-order valence-corrected chi connectivity index (χ3v) is 6.57.